The number of nitrogens with zero attached hydrogens (tertiary/aromatic N) is 1. The van der Waals surface area contributed by atoms with Crippen LogP contribution < -0.4 is 16.4 Å². The van der Waals surface area contributed by atoms with E-state index in [1.165, 1.54) is 0 Å². The molecule has 1 aliphatic rings. The Morgan fingerprint density at radius 2 is 2.33 bits per heavy atom. The maximum Gasteiger partial charge on any atom is 0.221 e. The number of carbonyl (C=O) groups excluding carboxylic acids is 1. The summed E-state index contributed by atoms with van der Waals surface area (Å²) < 4.78 is 0.852. The second-order valence-corrected chi connectivity index (χ2v) is 5.31. The summed E-state index contributed by atoms with van der Waals surface area (Å²) in [5, 5.41) is 6.08. The van der Waals surface area contributed by atoms with Gasteiger partial charge < -0.3 is 16.4 Å². The second kappa shape index (κ2) is 5.56. The van der Waals surface area contributed by atoms with Gasteiger partial charge in [0.1, 0.15) is 5.82 Å². The number of aromatic nitrogens is 1. The Balaban J connectivity index is 1.82. The van der Waals surface area contributed by atoms with Crippen molar-refractivity contribution in [1.29, 1.82) is 0 Å². The van der Waals surface area contributed by atoms with Gasteiger partial charge in [0, 0.05) is 19.0 Å². The zero-order chi connectivity index (χ0) is 13.1. The van der Waals surface area contributed by atoms with E-state index in [-0.39, 0.29) is 5.91 Å². The molecule has 2 rings (SSSR count). The van der Waals surface area contributed by atoms with Gasteiger partial charge >= 0.3 is 0 Å². The Morgan fingerprint density at radius 3 is 3.00 bits per heavy atom. The molecule has 4 N–H and O–H groups in total. The molecule has 0 spiro atoms. The van der Waals surface area contributed by atoms with Crippen LogP contribution in [0.15, 0.2) is 10.7 Å². The molecule has 0 unspecified atom stereocenters. The summed E-state index contributed by atoms with van der Waals surface area (Å²) in [6, 6.07) is 0.418. The number of nitrogen functional groups attached to an aromatic ring is 1. The third kappa shape index (κ3) is 3.35. The lowest BCUT2D eigenvalue weighted by atomic mass is 10.2. The first kappa shape index (κ1) is 13.1. The molecule has 1 aromatic rings. The summed E-state index contributed by atoms with van der Waals surface area (Å²) >= 11 is 3.44. The first-order valence-corrected chi connectivity index (χ1v) is 6.81. The average molecular weight is 313 g/mol. The van der Waals surface area contributed by atoms with Gasteiger partial charge in [-0.3, -0.25) is 4.79 Å². The van der Waals surface area contributed by atoms with Gasteiger partial charge in [0.25, 0.3) is 0 Å². The number of carbonyl (C=O) groups is 1. The summed E-state index contributed by atoms with van der Waals surface area (Å²) in [4.78, 5) is 15.7. The first-order valence-electron chi connectivity index (χ1n) is 6.01. The molecule has 0 aliphatic heterocycles. The number of hydrogen-bond acceptors (Lipinski definition) is 4. The quantitative estimate of drug-likeness (QED) is 0.774. The lowest BCUT2D eigenvalue weighted by Crippen LogP contribution is -2.27. The van der Waals surface area contributed by atoms with Crippen LogP contribution in [0.25, 0.3) is 0 Å². The van der Waals surface area contributed by atoms with Crippen molar-refractivity contribution >= 4 is 33.3 Å². The van der Waals surface area contributed by atoms with E-state index in [1.807, 2.05) is 6.92 Å². The zero-order valence-corrected chi connectivity index (χ0v) is 11.9. The van der Waals surface area contributed by atoms with Gasteiger partial charge in [-0.1, -0.05) is 0 Å². The number of nitrogens with one attached hydrogen (secondary N) is 2. The van der Waals surface area contributed by atoms with Gasteiger partial charge in [-0.15, -0.1) is 0 Å². The highest BCUT2D eigenvalue weighted by molar-refractivity contribution is 9.10. The fraction of sp³-hybridized carbons (Fsp3) is 0.500. The van der Waals surface area contributed by atoms with E-state index in [0.29, 0.717) is 24.7 Å². The molecule has 5 nitrogen and oxygen atoms in total. The smallest absolute Gasteiger partial charge is 0.221 e. The predicted octanol–water partition coefficient (Wildman–Crippen LogP) is 1.82. The van der Waals surface area contributed by atoms with Crippen LogP contribution in [-0.2, 0) is 4.79 Å². The number of halogens is 1. The number of nitrogens with two attached hydrogens (primary N) is 1. The van der Waals surface area contributed by atoms with Crippen LogP contribution in [0.1, 0.15) is 24.8 Å². The first-order chi connectivity index (χ1) is 8.58. The molecule has 1 heterocycles. The molecule has 1 aromatic heterocycles. The molecular weight excluding hydrogens is 296 g/mol. The molecule has 1 fully saturated rings. The average Bonchev–Trinajstić information content (AvgIpc) is 3.13. The predicted molar refractivity (Wildman–Crippen MR) is 75.4 cm³/mol. The highest BCUT2D eigenvalue weighted by atomic mass is 79.9. The lowest BCUT2D eigenvalue weighted by Gasteiger charge is -2.10. The van der Waals surface area contributed by atoms with Crippen molar-refractivity contribution in [1.82, 2.24) is 10.3 Å². The van der Waals surface area contributed by atoms with Crippen molar-refractivity contribution in [3.63, 3.8) is 0 Å². The van der Waals surface area contributed by atoms with Crippen LogP contribution in [0.4, 0.5) is 11.5 Å². The molecule has 98 valence electrons. The normalized spacial score (nSPS) is 14.3. The van der Waals surface area contributed by atoms with Crippen molar-refractivity contribution in [2.24, 2.45) is 0 Å². The zero-order valence-electron chi connectivity index (χ0n) is 10.3. The van der Waals surface area contributed by atoms with Gasteiger partial charge in [-0.05, 0) is 41.3 Å². The molecule has 0 radical (unpaired) electrons. The van der Waals surface area contributed by atoms with Crippen LogP contribution in [0.2, 0.25) is 0 Å². The third-order valence-corrected chi connectivity index (χ3v) is 3.86. The molecule has 18 heavy (non-hydrogen) atoms. The van der Waals surface area contributed by atoms with Crippen LogP contribution in [0.3, 0.4) is 0 Å². The van der Waals surface area contributed by atoms with Crippen molar-refractivity contribution < 1.29 is 4.79 Å². The molecule has 6 heteroatoms. The largest absolute Gasteiger partial charge is 0.397 e. The van der Waals surface area contributed by atoms with Crippen molar-refractivity contribution in [2.45, 2.75) is 32.2 Å². The molecule has 0 bridgehead atoms. The third-order valence-electron chi connectivity index (χ3n) is 2.89. The summed E-state index contributed by atoms with van der Waals surface area (Å²) in [7, 11) is 0. The minimum atomic E-state index is 0.0910. The van der Waals surface area contributed by atoms with E-state index < -0.39 is 0 Å². The van der Waals surface area contributed by atoms with Crippen molar-refractivity contribution in [3.05, 3.63) is 16.2 Å². The summed E-state index contributed by atoms with van der Waals surface area (Å²) in [6.07, 6.45) is 4.30. The van der Waals surface area contributed by atoms with Gasteiger partial charge in [-0.25, -0.2) is 4.98 Å². The minimum Gasteiger partial charge on any atom is -0.397 e. The molecule has 1 amide bonds. The topological polar surface area (TPSA) is 80.0 Å². The number of amides is 1. The van der Waals surface area contributed by atoms with Crippen molar-refractivity contribution in [2.75, 3.05) is 17.6 Å². The SMILES string of the molecule is Cc1c(N)cnc(NCCC(=O)NC2CC2)c1Br. The van der Waals surface area contributed by atoms with E-state index in [4.69, 9.17) is 5.73 Å². The van der Waals surface area contributed by atoms with Crippen LogP contribution in [0.5, 0.6) is 0 Å². The summed E-state index contributed by atoms with van der Waals surface area (Å²) in [6.45, 7) is 2.49. The second-order valence-electron chi connectivity index (χ2n) is 4.52. The van der Waals surface area contributed by atoms with E-state index in [9.17, 15) is 4.79 Å². The molecule has 0 atom stereocenters. The monoisotopic (exact) mass is 312 g/mol. The van der Waals surface area contributed by atoms with E-state index in [0.717, 1.165) is 28.7 Å². The molecule has 0 aromatic carbocycles. The van der Waals surface area contributed by atoms with E-state index in [1.54, 1.807) is 6.20 Å². The maximum absolute atomic E-state index is 11.5. The van der Waals surface area contributed by atoms with Crippen molar-refractivity contribution in [3.8, 4) is 0 Å². The Hall–Kier alpha value is -1.30. The van der Waals surface area contributed by atoms with Gasteiger partial charge in [0.15, 0.2) is 0 Å². The van der Waals surface area contributed by atoms with Gasteiger partial charge in [0.05, 0.1) is 16.4 Å². The Bertz CT molecular complexity index is 460. The lowest BCUT2D eigenvalue weighted by molar-refractivity contribution is -0.120. The Kier molecular flexibility index (Phi) is 4.06. The fourth-order valence-corrected chi connectivity index (χ4v) is 2.01. The molecule has 1 saturated carbocycles. The number of rotatable bonds is 5. The Morgan fingerprint density at radius 1 is 1.61 bits per heavy atom. The highest BCUT2D eigenvalue weighted by Gasteiger charge is 2.22. The van der Waals surface area contributed by atoms with Crippen LogP contribution in [-0.4, -0.2) is 23.5 Å². The summed E-state index contributed by atoms with van der Waals surface area (Å²) in [5.41, 5.74) is 7.35. The van der Waals surface area contributed by atoms with E-state index in [2.05, 4.69) is 31.5 Å². The fourth-order valence-electron chi connectivity index (χ4n) is 1.54. The van der Waals surface area contributed by atoms with Gasteiger partial charge in [0.2, 0.25) is 5.91 Å². The van der Waals surface area contributed by atoms with E-state index >= 15 is 0 Å². The molecular formula is C12H17BrN4O. The highest BCUT2D eigenvalue weighted by Crippen LogP contribution is 2.27. The van der Waals surface area contributed by atoms with Crippen LogP contribution >= 0.6 is 15.9 Å². The minimum absolute atomic E-state index is 0.0910. The van der Waals surface area contributed by atoms with Gasteiger partial charge in [-0.2, -0.15) is 0 Å². The molecule has 0 saturated heterocycles. The number of hydrogen-bond donors (Lipinski definition) is 3. The number of anilines is 2. The number of pyridine rings is 1. The maximum atomic E-state index is 11.5. The molecule has 1 aliphatic carbocycles. The standard InChI is InChI=1S/C12H17BrN4O/c1-7-9(14)6-16-12(11(7)13)15-5-4-10(18)17-8-2-3-8/h6,8H,2-5,14H2,1H3,(H,15,16)(H,17,18). The van der Waals surface area contributed by atoms with Crippen LogP contribution in [0, 0.1) is 6.92 Å². The Labute approximate surface area is 115 Å². The summed E-state index contributed by atoms with van der Waals surface area (Å²) in [5.74, 6) is 0.814.